The van der Waals surface area contributed by atoms with Gasteiger partial charge in [0.25, 0.3) is 10.0 Å². The van der Waals surface area contributed by atoms with E-state index < -0.39 is 10.0 Å². The molecule has 0 aromatic heterocycles. The molecule has 1 aliphatic heterocycles. The molecule has 1 heterocycles. The number of rotatable bonds is 2. The molecule has 0 amide bonds. The Morgan fingerprint density at radius 3 is 2.52 bits per heavy atom. The minimum Gasteiger partial charge on any atom is -0.508 e. The average molecular weight is 303 g/mol. The molecule has 2 aromatic rings. The quantitative estimate of drug-likeness (QED) is 0.928. The number of anilines is 1. The number of nitrogens with zero attached hydrogens (tertiary/aromatic N) is 1. The predicted molar refractivity (Wildman–Crippen MR) is 82.1 cm³/mol. The van der Waals surface area contributed by atoms with Crippen LogP contribution in [0.5, 0.6) is 5.75 Å². The zero-order valence-electron chi connectivity index (χ0n) is 11.8. The van der Waals surface area contributed by atoms with Gasteiger partial charge in [0.05, 0.1) is 10.6 Å². The molecule has 21 heavy (non-hydrogen) atoms. The van der Waals surface area contributed by atoms with Crippen LogP contribution >= 0.6 is 0 Å². The third kappa shape index (κ3) is 2.49. The monoisotopic (exact) mass is 303 g/mol. The third-order valence-electron chi connectivity index (χ3n) is 3.75. The van der Waals surface area contributed by atoms with Crippen molar-refractivity contribution in [2.24, 2.45) is 0 Å². The summed E-state index contributed by atoms with van der Waals surface area (Å²) >= 11 is 0. The Bertz CT molecular complexity index is 767. The molecule has 1 aliphatic rings. The number of aryl methyl sites for hydroxylation is 2. The number of hydrogen-bond acceptors (Lipinski definition) is 3. The van der Waals surface area contributed by atoms with E-state index in [4.69, 9.17) is 0 Å². The SMILES string of the molecule is Cc1ccc(S(=O)(=O)N2CCCc3cc(O)ccc32)cc1. The smallest absolute Gasteiger partial charge is 0.264 e. The Labute approximate surface area is 124 Å². The number of sulfonamides is 1. The number of phenols is 1. The first kappa shape index (κ1) is 13.9. The van der Waals surface area contributed by atoms with E-state index in [-0.39, 0.29) is 5.75 Å². The van der Waals surface area contributed by atoms with E-state index in [0.29, 0.717) is 17.1 Å². The van der Waals surface area contributed by atoms with Crippen LogP contribution in [0, 0.1) is 6.92 Å². The normalized spacial score (nSPS) is 14.8. The van der Waals surface area contributed by atoms with Crippen LogP contribution in [0.25, 0.3) is 0 Å². The molecular weight excluding hydrogens is 286 g/mol. The third-order valence-corrected chi connectivity index (χ3v) is 5.58. The first-order valence-electron chi connectivity index (χ1n) is 6.90. The van der Waals surface area contributed by atoms with Crippen molar-refractivity contribution in [1.82, 2.24) is 0 Å². The standard InChI is InChI=1S/C16H17NO3S/c1-12-4-7-15(8-5-12)21(19,20)17-10-2-3-13-11-14(18)6-9-16(13)17/h4-9,11,18H,2-3,10H2,1H3. The van der Waals surface area contributed by atoms with E-state index in [1.54, 1.807) is 36.4 Å². The summed E-state index contributed by atoms with van der Waals surface area (Å²) in [6, 6.07) is 11.7. The molecule has 2 aromatic carbocycles. The summed E-state index contributed by atoms with van der Waals surface area (Å²) in [5.41, 5.74) is 2.56. The Morgan fingerprint density at radius 2 is 1.81 bits per heavy atom. The van der Waals surface area contributed by atoms with Crippen LogP contribution in [-0.4, -0.2) is 20.1 Å². The second-order valence-corrected chi connectivity index (χ2v) is 7.17. The number of aromatic hydroxyl groups is 1. The maximum Gasteiger partial charge on any atom is 0.264 e. The van der Waals surface area contributed by atoms with E-state index in [1.165, 1.54) is 10.4 Å². The molecule has 5 heteroatoms. The molecule has 0 radical (unpaired) electrons. The van der Waals surface area contributed by atoms with Crippen molar-refractivity contribution < 1.29 is 13.5 Å². The van der Waals surface area contributed by atoms with Gasteiger partial charge in [-0.15, -0.1) is 0 Å². The summed E-state index contributed by atoms with van der Waals surface area (Å²) in [7, 11) is -3.55. The molecule has 1 N–H and O–H groups in total. The van der Waals surface area contributed by atoms with Crippen LogP contribution in [0.1, 0.15) is 17.5 Å². The van der Waals surface area contributed by atoms with Gasteiger partial charge in [-0.3, -0.25) is 4.31 Å². The van der Waals surface area contributed by atoms with Gasteiger partial charge in [-0.05, 0) is 55.7 Å². The highest BCUT2D eigenvalue weighted by molar-refractivity contribution is 7.92. The maximum absolute atomic E-state index is 12.8. The van der Waals surface area contributed by atoms with E-state index in [1.807, 2.05) is 6.92 Å². The Balaban J connectivity index is 2.07. The van der Waals surface area contributed by atoms with Gasteiger partial charge in [-0.25, -0.2) is 8.42 Å². The minimum atomic E-state index is -3.55. The van der Waals surface area contributed by atoms with Gasteiger partial charge in [0.2, 0.25) is 0 Å². The first-order valence-corrected chi connectivity index (χ1v) is 8.34. The fraction of sp³-hybridized carbons (Fsp3) is 0.250. The van der Waals surface area contributed by atoms with Crippen molar-refractivity contribution in [3.63, 3.8) is 0 Å². The van der Waals surface area contributed by atoms with Crippen LogP contribution < -0.4 is 4.31 Å². The molecule has 0 unspecified atom stereocenters. The van der Waals surface area contributed by atoms with Crippen LogP contribution in [0.2, 0.25) is 0 Å². The van der Waals surface area contributed by atoms with Crippen LogP contribution in [-0.2, 0) is 16.4 Å². The molecule has 0 saturated carbocycles. The van der Waals surface area contributed by atoms with Gasteiger partial charge in [0.15, 0.2) is 0 Å². The number of phenolic OH excluding ortho intramolecular Hbond substituents is 1. The summed E-state index contributed by atoms with van der Waals surface area (Å²) < 4.78 is 27.1. The van der Waals surface area contributed by atoms with Gasteiger partial charge in [0.1, 0.15) is 5.75 Å². The molecule has 0 fully saturated rings. The Morgan fingerprint density at radius 1 is 1.10 bits per heavy atom. The fourth-order valence-electron chi connectivity index (χ4n) is 2.64. The van der Waals surface area contributed by atoms with Gasteiger partial charge in [-0.2, -0.15) is 0 Å². The molecule has 0 atom stereocenters. The molecule has 0 aliphatic carbocycles. The van der Waals surface area contributed by atoms with Gasteiger partial charge in [0, 0.05) is 6.54 Å². The van der Waals surface area contributed by atoms with Gasteiger partial charge in [-0.1, -0.05) is 17.7 Å². The fourth-order valence-corrected chi connectivity index (χ4v) is 4.18. The van der Waals surface area contributed by atoms with Crippen molar-refractivity contribution >= 4 is 15.7 Å². The molecule has 3 rings (SSSR count). The largest absolute Gasteiger partial charge is 0.508 e. The van der Waals surface area contributed by atoms with Crippen molar-refractivity contribution in [2.75, 3.05) is 10.8 Å². The average Bonchev–Trinajstić information content (AvgIpc) is 2.46. The number of benzene rings is 2. The van der Waals surface area contributed by atoms with Crippen LogP contribution in [0.4, 0.5) is 5.69 Å². The lowest BCUT2D eigenvalue weighted by molar-refractivity contribution is 0.474. The summed E-state index contributed by atoms with van der Waals surface area (Å²) in [5.74, 6) is 0.170. The molecule has 110 valence electrons. The van der Waals surface area contributed by atoms with E-state index >= 15 is 0 Å². The summed E-state index contributed by atoms with van der Waals surface area (Å²) in [6.45, 7) is 2.39. The van der Waals surface area contributed by atoms with E-state index in [2.05, 4.69) is 0 Å². The van der Waals surface area contributed by atoms with Crippen molar-refractivity contribution in [3.8, 4) is 5.75 Å². The molecule has 0 spiro atoms. The summed E-state index contributed by atoms with van der Waals surface area (Å²) in [5, 5.41) is 9.56. The minimum absolute atomic E-state index is 0.170. The maximum atomic E-state index is 12.8. The van der Waals surface area contributed by atoms with Crippen LogP contribution in [0.15, 0.2) is 47.4 Å². The highest BCUT2D eigenvalue weighted by Gasteiger charge is 2.29. The first-order chi connectivity index (χ1) is 9.98. The molecular formula is C16H17NO3S. The Hall–Kier alpha value is -2.01. The zero-order valence-corrected chi connectivity index (χ0v) is 12.6. The Kier molecular flexibility index (Phi) is 3.37. The predicted octanol–water partition coefficient (Wildman–Crippen LogP) is 2.84. The van der Waals surface area contributed by atoms with Crippen molar-refractivity contribution in [3.05, 3.63) is 53.6 Å². The second-order valence-electron chi connectivity index (χ2n) is 5.31. The topological polar surface area (TPSA) is 57.6 Å². The summed E-state index contributed by atoms with van der Waals surface area (Å²) in [4.78, 5) is 0.300. The molecule has 0 bridgehead atoms. The van der Waals surface area contributed by atoms with Crippen LogP contribution in [0.3, 0.4) is 0 Å². The highest BCUT2D eigenvalue weighted by Crippen LogP contribution is 2.33. The van der Waals surface area contributed by atoms with Crippen molar-refractivity contribution in [1.29, 1.82) is 0 Å². The lowest BCUT2D eigenvalue weighted by Gasteiger charge is -2.30. The molecule has 0 saturated heterocycles. The van der Waals surface area contributed by atoms with Gasteiger partial charge < -0.3 is 5.11 Å². The summed E-state index contributed by atoms with van der Waals surface area (Å²) in [6.07, 6.45) is 1.53. The van der Waals surface area contributed by atoms with Gasteiger partial charge >= 0.3 is 0 Å². The lowest BCUT2D eigenvalue weighted by Crippen LogP contribution is -2.35. The van der Waals surface area contributed by atoms with E-state index in [9.17, 15) is 13.5 Å². The highest BCUT2D eigenvalue weighted by atomic mass is 32.2. The zero-order chi connectivity index (χ0) is 15.0. The van der Waals surface area contributed by atoms with Crippen molar-refractivity contribution in [2.45, 2.75) is 24.7 Å². The lowest BCUT2D eigenvalue weighted by atomic mass is 10.0. The second kappa shape index (κ2) is 5.07. The molecule has 4 nitrogen and oxygen atoms in total. The number of fused-ring (bicyclic) bond motifs is 1. The van der Waals surface area contributed by atoms with E-state index in [0.717, 1.165) is 24.0 Å². The number of hydrogen-bond donors (Lipinski definition) is 1.